The topological polar surface area (TPSA) is 75.7 Å². The lowest BCUT2D eigenvalue weighted by Gasteiger charge is -2.23. The molecule has 0 aromatic heterocycles. The van der Waals surface area contributed by atoms with Gasteiger partial charge in [-0.3, -0.25) is 4.79 Å². The highest BCUT2D eigenvalue weighted by Gasteiger charge is 2.30. The summed E-state index contributed by atoms with van der Waals surface area (Å²) in [4.78, 5) is 12.5. The standard InChI is InChI=1S/C22H19Cl2FN2O4S/c1-31-20-10-7-16(23)11-21(20)32(29,30)27(13-15-5-3-2-4-6-15)14-22(28)26-17-8-9-19(25)18(24)12-17/h2-12H,13-14H2,1H3,(H,26,28). The minimum absolute atomic E-state index is 0.0730. The molecule has 0 spiro atoms. The molecule has 1 amide bonds. The number of halogens is 3. The lowest BCUT2D eigenvalue weighted by Crippen LogP contribution is -2.37. The molecule has 0 saturated carbocycles. The Balaban J connectivity index is 1.93. The molecular weight excluding hydrogens is 478 g/mol. The first-order valence-electron chi connectivity index (χ1n) is 9.33. The highest BCUT2D eigenvalue weighted by Crippen LogP contribution is 2.30. The van der Waals surface area contributed by atoms with E-state index in [4.69, 9.17) is 27.9 Å². The van der Waals surface area contributed by atoms with Gasteiger partial charge in [0.05, 0.1) is 18.7 Å². The van der Waals surface area contributed by atoms with Gasteiger partial charge in [-0.25, -0.2) is 12.8 Å². The zero-order valence-corrected chi connectivity index (χ0v) is 19.2. The summed E-state index contributed by atoms with van der Waals surface area (Å²) in [6.45, 7) is -0.585. The Bertz CT molecular complexity index is 1220. The first-order chi connectivity index (χ1) is 15.2. The Morgan fingerprint density at radius 1 is 1.06 bits per heavy atom. The molecule has 0 aliphatic heterocycles. The highest BCUT2D eigenvalue weighted by atomic mass is 35.5. The molecule has 0 radical (unpaired) electrons. The lowest BCUT2D eigenvalue weighted by molar-refractivity contribution is -0.116. The van der Waals surface area contributed by atoms with Gasteiger partial charge in [0, 0.05) is 17.3 Å². The Morgan fingerprint density at radius 3 is 2.44 bits per heavy atom. The molecule has 3 aromatic rings. The van der Waals surface area contributed by atoms with Gasteiger partial charge in [-0.1, -0.05) is 53.5 Å². The predicted molar refractivity (Wildman–Crippen MR) is 122 cm³/mol. The van der Waals surface area contributed by atoms with Crippen molar-refractivity contribution in [2.75, 3.05) is 19.0 Å². The summed E-state index contributed by atoms with van der Waals surface area (Å²) < 4.78 is 46.6. The zero-order valence-electron chi connectivity index (χ0n) is 16.9. The molecule has 0 saturated heterocycles. The van der Waals surface area contributed by atoms with E-state index in [2.05, 4.69) is 5.32 Å². The van der Waals surface area contributed by atoms with E-state index in [1.54, 1.807) is 30.3 Å². The van der Waals surface area contributed by atoms with Crippen molar-refractivity contribution in [3.05, 3.63) is 88.2 Å². The molecule has 32 heavy (non-hydrogen) atoms. The first-order valence-corrected chi connectivity index (χ1v) is 11.5. The molecule has 0 aliphatic rings. The number of carbonyl (C=O) groups excluding carboxylic acids is 1. The van der Waals surface area contributed by atoms with E-state index < -0.39 is 28.3 Å². The quantitative estimate of drug-likeness (QED) is 0.477. The maximum atomic E-state index is 13.5. The Hall–Kier alpha value is -2.65. The van der Waals surface area contributed by atoms with Gasteiger partial charge in [-0.05, 0) is 42.0 Å². The van der Waals surface area contributed by atoms with Crippen LogP contribution in [0.25, 0.3) is 0 Å². The molecule has 168 valence electrons. The van der Waals surface area contributed by atoms with Crippen molar-refractivity contribution >= 4 is 44.8 Å². The van der Waals surface area contributed by atoms with Crippen molar-refractivity contribution in [3.8, 4) is 5.75 Å². The van der Waals surface area contributed by atoms with E-state index in [9.17, 15) is 17.6 Å². The van der Waals surface area contributed by atoms with Crippen LogP contribution in [-0.4, -0.2) is 32.3 Å². The van der Waals surface area contributed by atoms with Crippen molar-refractivity contribution in [2.24, 2.45) is 0 Å². The van der Waals surface area contributed by atoms with Crippen LogP contribution in [-0.2, 0) is 21.4 Å². The maximum Gasteiger partial charge on any atom is 0.247 e. The fraction of sp³-hybridized carbons (Fsp3) is 0.136. The van der Waals surface area contributed by atoms with Crippen molar-refractivity contribution < 1.29 is 22.3 Å². The van der Waals surface area contributed by atoms with Gasteiger partial charge in [0.1, 0.15) is 16.5 Å². The Kier molecular flexibility index (Phi) is 7.73. The number of hydrogen-bond donors (Lipinski definition) is 1. The van der Waals surface area contributed by atoms with E-state index in [-0.39, 0.29) is 32.9 Å². The molecule has 0 heterocycles. The summed E-state index contributed by atoms with van der Waals surface area (Å²) in [6.07, 6.45) is 0. The number of nitrogens with one attached hydrogen (secondary N) is 1. The Morgan fingerprint density at radius 2 is 1.78 bits per heavy atom. The van der Waals surface area contributed by atoms with E-state index in [1.807, 2.05) is 0 Å². The third-order valence-electron chi connectivity index (χ3n) is 4.47. The molecule has 0 fully saturated rings. The molecule has 0 aliphatic carbocycles. The Labute approximate surface area is 195 Å². The van der Waals surface area contributed by atoms with Gasteiger partial charge in [-0.2, -0.15) is 4.31 Å². The van der Waals surface area contributed by atoms with Gasteiger partial charge in [0.15, 0.2) is 0 Å². The molecule has 6 nitrogen and oxygen atoms in total. The molecule has 0 bridgehead atoms. The largest absolute Gasteiger partial charge is 0.495 e. The third kappa shape index (κ3) is 5.77. The van der Waals surface area contributed by atoms with Crippen LogP contribution >= 0.6 is 23.2 Å². The maximum absolute atomic E-state index is 13.5. The number of sulfonamides is 1. The van der Waals surface area contributed by atoms with Crippen molar-refractivity contribution in [1.29, 1.82) is 0 Å². The molecule has 0 unspecified atom stereocenters. The van der Waals surface area contributed by atoms with Gasteiger partial charge >= 0.3 is 0 Å². The van der Waals surface area contributed by atoms with Gasteiger partial charge < -0.3 is 10.1 Å². The number of hydrogen-bond acceptors (Lipinski definition) is 4. The number of nitrogens with zero attached hydrogens (tertiary/aromatic N) is 1. The number of anilines is 1. The number of methoxy groups -OCH3 is 1. The fourth-order valence-corrected chi connectivity index (χ4v) is 4.92. The number of ether oxygens (including phenoxy) is 1. The number of amides is 1. The zero-order chi connectivity index (χ0) is 23.3. The summed E-state index contributed by atoms with van der Waals surface area (Å²) in [7, 11) is -2.85. The summed E-state index contributed by atoms with van der Waals surface area (Å²) in [5.41, 5.74) is 0.911. The van der Waals surface area contributed by atoms with Crippen LogP contribution in [0.3, 0.4) is 0 Å². The van der Waals surface area contributed by atoms with Crippen LogP contribution in [0.2, 0.25) is 10.0 Å². The van der Waals surface area contributed by atoms with Crippen LogP contribution in [0.4, 0.5) is 10.1 Å². The average Bonchev–Trinajstić information content (AvgIpc) is 2.76. The number of carbonyl (C=O) groups is 1. The summed E-state index contributed by atoms with van der Waals surface area (Å²) >= 11 is 11.8. The van der Waals surface area contributed by atoms with Crippen LogP contribution in [0, 0.1) is 5.82 Å². The normalized spacial score (nSPS) is 11.4. The molecule has 10 heteroatoms. The van der Waals surface area contributed by atoms with Crippen LogP contribution in [0.15, 0.2) is 71.6 Å². The van der Waals surface area contributed by atoms with E-state index in [0.29, 0.717) is 5.56 Å². The summed E-state index contributed by atoms with van der Waals surface area (Å²) in [5, 5.41) is 2.57. The van der Waals surface area contributed by atoms with Gasteiger partial charge in [0.2, 0.25) is 15.9 Å². The third-order valence-corrected chi connectivity index (χ3v) is 6.81. The SMILES string of the molecule is COc1ccc(Cl)cc1S(=O)(=O)N(CC(=O)Nc1ccc(F)c(Cl)c1)Cc1ccccc1. The second-order valence-corrected chi connectivity index (χ2v) is 9.48. The van der Waals surface area contributed by atoms with Gasteiger partial charge in [-0.15, -0.1) is 0 Å². The fourth-order valence-electron chi connectivity index (χ4n) is 2.94. The van der Waals surface area contributed by atoms with E-state index in [0.717, 1.165) is 10.4 Å². The van der Waals surface area contributed by atoms with Crippen LogP contribution in [0.5, 0.6) is 5.75 Å². The van der Waals surface area contributed by atoms with E-state index in [1.165, 1.54) is 37.4 Å². The minimum Gasteiger partial charge on any atom is -0.495 e. The van der Waals surface area contributed by atoms with Crippen LogP contribution in [0.1, 0.15) is 5.56 Å². The lowest BCUT2D eigenvalue weighted by atomic mass is 10.2. The van der Waals surface area contributed by atoms with Crippen molar-refractivity contribution in [1.82, 2.24) is 4.31 Å². The van der Waals surface area contributed by atoms with Gasteiger partial charge in [0.25, 0.3) is 0 Å². The molecule has 3 rings (SSSR count). The smallest absolute Gasteiger partial charge is 0.247 e. The average molecular weight is 497 g/mol. The molecule has 0 atom stereocenters. The summed E-state index contributed by atoms with van der Waals surface area (Å²) in [5.74, 6) is -1.17. The van der Waals surface area contributed by atoms with Crippen molar-refractivity contribution in [3.63, 3.8) is 0 Å². The summed E-state index contributed by atoms with van der Waals surface area (Å²) in [6, 6.07) is 16.7. The highest BCUT2D eigenvalue weighted by molar-refractivity contribution is 7.89. The predicted octanol–water partition coefficient (Wildman–Crippen LogP) is 4.97. The molecule has 1 N–H and O–H groups in total. The number of rotatable bonds is 8. The minimum atomic E-state index is -4.19. The number of benzene rings is 3. The molecule has 3 aromatic carbocycles. The monoisotopic (exact) mass is 496 g/mol. The van der Waals surface area contributed by atoms with Crippen LogP contribution < -0.4 is 10.1 Å². The van der Waals surface area contributed by atoms with Crippen molar-refractivity contribution in [2.45, 2.75) is 11.4 Å². The second-order valence-electron chi connectivity index (χ2n) is 6.73. The van der Waals surface area contributed by atoms with E-state index >= 15 is 0 Å². The molecular formula is C22H19Cl2FN2O4S. The second kappa shape index (κ2) is 10.3. The first kappa shape index (κ1) is 24.0.